The van der Waals surface area contributed by atoms with Gasteiger partial charge >= 0.3 is 0 Å². The van der Waals surface area contributed by atoms with Crippen LogP contribution in [0.15, 0.2) is 6.07 Å². The molecule has 0 radical (unpaired) electrons. The van der Waals surface area contributed by atoms with E-state index in [1.165, 1.54) is 0 Å². The van der Waals surface area contributed by atoms with E-state index in [9.17, 15) is 4.79 Å². The Morgan fingerprint density at radius 1 is 1.69 bits per heavy atom. The van der Waals surface area contributed by atoms with Crippen LogP contribution in [0.2, 0.25) is 0 Å². The topological polar surface area (TPSA) is 64.2 Å². The van der Waals surface area contributed by atoms with Crippen LogP contribution < -0.4 is 5.73 Å². The SMILES string of the molecule is CCc1cc(C(=O)N2CC[C@H](N)C2)n(C)n1. The number of hydrogen-bond donors (Lipinski definition) is 1. The van der Waals surface area contributed by atoms with Crippen LogP contribution in [0.5, 0.6) is 0 Å². The molecule has 1 aliphatic heterocycles. The normalized spacial score (nSPS) is 20.4. The van der Waals surface area contributed by atoms with Crippen LogP contribution in [-0.4, -0.2) is 39.7 Å². The van der Waals surface area contributed by atoms with Crippen molar-refractivity contribution in [3.05, 3.63) is 17.5 Å². The first-order valence-electron chi connectivity index (χ1n) is 5.69. The average Bonchev–Trinajstić information content (AvgIpc) is 2.83. The Kier molecular flexibility index (Phi) is 2.96. The summed E-state index contributed by atoms with van der Waals surface area (Å²) in [5.74, 6) is 0.0441. The number of hydrogen-bond acceptors (Lipinski definition) is 3. The van der Waals surface area contributed by atoms with E-state index < -0.39 is 0 Å². The highest BCUT2D eigenvalue weighted by Gasteiger charge is 2.26. The summed E-state index contributed by atoms with van der Waals surface area (Å²) in [5, 5.41) is 4.28. The van der Waals surface area contributed by atoms with Gasteiger partial charge in [-0.15, -0.1) is 0 Å². The molecule has 0 aromatic carbocycles. The molecular formula is C11H18N4O. The molecule has 1 amide bonds. The lowest BCUT2D eigenvalue weighted by atomic mass is 10.3. The van der Waals surface area contributed by atoms with Crippen molar-refractivity contribution in [2.24, 2.45) is 12.8 Å². The molecule has 2 rings (SSSR count). The number of rotatable bonds is 2. The van der Waals surface area contributed by atoms with Gasteiger partial charge in [0.15, 0.2) is 0 Å². The van der Waals surface area contributed by atoms with E-state index >= 15 is 0 Å². The highest BCUT2D eigenvalue weighted by molar-refractivity contribution is 5.92. The Morgan fingerprint density at radius 3 is 2.94 bits per heavy atom. The number of likely N-dealkylation sites (tertiary alicyclic amines) is 1. The predicted octanol–water partition coefficient (Wildman–Crippen LogP) is 0.156. The molecule has 0 unspecified atom stereocenters. The van der Waals surface area contributed by atoms with E-state index in [2.05, 4.69) is 5.10 Å². The second-order valence-corrected chi connectivity index (χ2v) is 4.30. The fourth-order valence-electron chi connectivity index (χ4n) is 2.03. The van der Waals surface area contributed by atoms with Crippen molar-refractivity contribution in [3.8, 4) is 0 Å². The Labute approximate surface area is 95.2 Å². The van der Waals surface area contributed by atoms with E-state index in [0.29, 0.717) is 12.2 Å². The van der Waals surface area contributed by atoms with Crippen molar-refractivity contribution in [1.82, 2.24) is 14.7 Å². The fourth-order valence-corrected chi connectivity index (χ4v) is 2.03. The number of carbonyl (C=O) groups excluding carboxylic acids is 1. The summed E-state index contributed by atoms with van der Waals surface area (Å²) in [7, 11) is 1.81. The molecule has 0 bridgehead atoms. The van der Waals surface area contributed by atoms with Crippen molar-refractivity contribution in [1.29, 1.82) is 0 Å². The molecule has 1 aliphatic rings. The third-order valence-electron chi connectivity index (χ3n) is 3.02. The lowest BCUT2D eigenvalue weighted by Gasteiger charge is -2.15. The van der Waals surface area contributed by atoms with Crippen LogP contribution in [0.3, 0.4) is 0 Å². The fraction of sp³-hybridized carbons (Fsp3) is 0.636. The molecule has 2 heterocycles. The minimum Gasteiger partial charge on any atom is -0.336 e. The van der Waals surface area contributed by atoms with Gasteiger partial charge in [0.05, 0.1) is 5.69 Å². The predicted molar refractivity (Wildman–Crippen MR) is 61.1 cm³/mol. The van der Waals surface area contributed by atoms with Gasteiger partial charge in [0, 0.05) is 26.2 Å². The average molecular weight is 222 g/mol. The van der Waals surface area contributed by atoms with Crippen LogP contribution in [0.1, 0.15) is 29.5 Å². The lowest BCUT2D eigenvalue weighted by Crippen LogP contribution is -2.33. The quantitative estimate of drug-likeness (QED) is 0.775. The maximum atomic E-state index is 12.2. The zero-order valence-corrected chi connectivity index (χ0v) is 9.81. The van der Waals surface area contributed by atoms with E-state index in [-0.39, 0.29) is 11.9 Å². The maximum absolute atomic E-state index is 12.2. The molecule has 0 saturated carbocycles. The third kappa shape index (κ3) is 1.95. The van der Waals surface area contributed by atoms with Crippen LogP contribution in [0.25, 0.3) is 0 Å². The van der Waals surface area contributed by atoms with Gasteiger partial charge in [-0.3, -0.25) is 9.48 Å². The van der Waals surface area contributed by atoms with Crippen LogP contribution in [0, 0.1) is 0 Å². The number of amides is 1. The van der Waals surface area contributed by atoms with Gasteiger partial charge in [-0.05, 0) is 18.9 Å². The first-order valence-corrected chi connectivity index (χ1v) is 5.69. The smallest absolute Gasteiger partial charge is 0.272 e. The largest absolute Gasteiger partial charge is 0.336 e. The Hall–Kier alpha value is -1.36. The van der Waals surface area contributed by atoms with Crippen LogP contribution >= 0.6 is 0 Å². The van der Waals surface area contributed by atoms with Gasteiger partial charge in [0.2, 0.25) is 0 Å². The van der Waals surface area contributed by atoms with Crippen molar-refractivity contribution in [3.63, 3.8) is 0 Å². The van der Waals surface area contributed by atoms with Crippen LogP contribution in [0.4, 0.5) is 0 Å². The first kappa shape index (κ1) is 11.1. The summed E-state index contributed by atoms with van der Waals surface area (Å²) >= 11 is 0. The second kappa shape index (κ2) is 4.25. The van der Waals surface area contributed by atoms with Crippen molar-refractivity contribution in [2.45, 2.75) is 25.8 Å². The second-order valence-electron chi connectivity index (χ2n) is 4.30. The molecule has 88 valence electrons. The molecule has 2 N–H and O–H groups in total. The molecule has 5 nitrogen and oxygen atoms in total. The Bertz CT molecular complexity index is 399. The summed E-state index contributed by atoms with van der Waals surface area (Å²) in [4.78, 5) is 14.0. The summed E-state index contributed by atoms with van der Waals surface area (Å²) in [6.07, 6.45) is 1.74. The number of nitrogens with zero attached hydrogens (tertiary/aromatic N) is 3. The lowest BCUT2D eigenvalue weighted by molar-refractivity contribution is 0.0780. The van der Waals surface area contributed by atoms with Gasteiger partial charge < -0.3 is 10.6 Å². The first-order chi connectivity index (χ1) is 7.61. The zero-order valence-electron chi connectivity index (χ0n) is 9.81. The standard InChI is InChI=1S/C11H18N4O/c1-3-9-6-10(14(2)13-9)11(16)15-5-4-8(12)7-15/h6,8H,3-5,7,12H2,1-2H3/t8-/m0/s1. The van der Waals surface area contributed by atoms with Gasteiger partial charge in [0.1, 0.15) is 5.69 Å². The summed E-state index contributed by atoms with van der Waals surface area (Å²) in [6, 6.07) is 1.99. The van der Waals surface area contributed by atoms with E-state index in [4.69, 9.17) is 5.73 Å². The highest BCUT2D eigenvalue weighted by atomic mass is 16.2. The Morgan fingerprint density at radius 2 is 2.44 bits per heavy atom. The monoisotopic (exact) mass is 222 g/mol. The maximum Gasteiger partial charge on any atom is 0.272 e. The number of nitrogens with two attached hydrogens (primary N) is 1. The number of aromatic nitrogens is 2. The van der Waals surface area contributed by atoms with Gasteiger partial charge in [-0.1, -0.05) is 6.92 Å². The highest BCUT2D eigenvalue weighted by Crippen LogP contribution is 2.13. The minimum absolute atomic E-state index is 0.0441. The number of aryl methyl sites for hydroxylation is 2. The molecular weight excluding hydrogens is 204 g/mol. The summed E-state index contributed by atoms with van der Waals surface area (Å²) < 4.78 is 1.66. The molecule has 1 atom stereocenters. The Balaban J connectivity index is 2.17. The molecule has 1 aromatic rings. The molecule has 1 aromatic heterocycles. The van der Waals surface area contributed by atoms with Crippen molar-refractivity contribution >= 4 is 5.91 Å². The molecule has 0 aliphatic carbocycles. The summed E-state index contributed by atoms with van der Waals surface area (Å²) in [6.45, 7) is 3.44. The van der Waals surface area contributed by atoms with E-state index in [1.807, 2.05) is 20.0 Å². The molecule has 1 fully saturated rings. The zero-order chi connectivity index (χ0) is 11.7. The molecule has 5 heteroatoms. The molecule has 0 spiro atoms. The minimum atomic E-state index is 0.0441. The van der Waals surface area contributed by atoms with Crippen molar-refractivity contribution < 1.29 is 4.79 Å². The van der Waals surface area contributed by atoms with E-state index in [0.717, 1.165) is 25.1 Å². The van der Waals surface area contributed by atoms with Crippen LogP contribution in [-0.2, 0) is 13.5 Å². The van der Waals surface area contributed by atoms with Gasteiger partial charge in [-0.2, -0.15) is 5.10 Å². The number of carbonyl (C=O) groups is 1. The third-order valence-corrected chi connectivity index (χ3v) is 3.02. The molecule has 16 heavy (non-hydrogen) atoms. The molecule has 1 saturated heterocycles. The van der Waals surface area contributed by atoms with Gasteiger partial charge in [0.25, 0.3) is 5.91 Å². The van der Waals surface area contributed by atoms with Crippen molar-refractivity contribution in [2.75, 3.05) is 13.1 Å². The van der Waals surface area contributed by atoms with Gasteiger partial charge in [-0.25, -0.2) is 0 Å². The van der Waals surface area contributed by atoms with E-state index in [1.54, 1.807) is 9.58 Å². The summed E-state index contributed by atoms with van der Waals surface area (Å²) in [5.41, 5.74) is 7.41.